The second-order valence-electron chi connectivity index (χ2n) is 7.47. The van der Waals surface area contributed by atoms with Crippen LogP contribution in [0.1, 0.15) is 18.1 Å². The molecule has 30 heavy (non-hydrogen) atoms. The molecule has 0 spiro atoms. The molecule has 1 saturated heterocycles. The molecular weight excluding hydrogens is 441 g/mol. The monoisotopic (exact) mass is 469 g/mol. The minimum atomic E-state index is -3.63. The van der Waals surface area contributed by atoms with Gasteiger partial charge in [0.2, 0.25) is 0 Å². The van der Waals surface area contributed by atoms with E-state index >= 15 is 0 Å². The summed E-state index contributed by atoms with van der Waals surface area (Å²) in [6, 6.07) is 14.9. The summed E-state index contributed by atoms with van der Waals surface area (Å²) in [5.74, 6) is 0. The van der Waals surface area contributed by atoms with Crippen LogP contribution in [0.2, 0.25) is 0 Å². The fourth-order valence-corrected chi connectivity index (χ4v) is 5.27. The summed E-state index contributed by atoms with van der Waals surface area (Å²) in [4.78, 5) is 5.21. The maximum atomic E-state index is 13.3. The van der Waals surface area contributed by atoms with Crippen molar-refractivity contribution in [2.45, 2.75) is 25.3 Å². The number of rotatable bonds is 5. The Labute approximate surface area is 191 Å². The van der Waals surface area contributed by atoms with Crippen molar-refractivity contribution in [2.24, 2.45) is 0 Å². The van der Waals surface area contributed by atoms with Gasteiger partial charge < -0.3 is 4.90 Å². The lowest BCUT2D eigenvalue weighted by Gasteiger charge is -2.34. The van der Waals surface area contributed by atoms with Gasteiger partial charge in [0.15, 0.2) is 0 Å². The highest BCUT2D eigenvalue weighted by Gasteiger charge is 2.21. The van der Waals surface area contributed by atoms with Crippen LogP contribution in [0.5, 0.6) is 0 Å². The molecule has 8 heteroatoms. The Morgan fingerprint density at radius 3 is 2.27 bits per heavy atom. The molecule has 1 aliphatic rings. The molecule has 3 aromatic rings. The number of hydrogen-bond acceptors (Lipinski definition) is 4. The van der Waals surface area contributed by atoms with Crippen molar-refractivity contribution >= 4 is 45.7 Å². The fraction of sp³-hybridized carbons (Fsp3) is 0.364. The van der Waals surface area contributed by atoms with Gasteiger partial charge in [-0.1, -0.05) is 31.2 Å². The Balaban J connectivity index is 0.00000160. The summed E-state index contributed by atoms with van der Waals surface area (Å²) in [5.41, 5.74) is 2.93. The Bertz CT molecular complexity index is 1090. The van der Waals surface area contributed by atoms with Crippen LogP contribution in [-0.4, -0.2) is 54.9 Å². The van der Waals surface area contributed by atoms with Crippen LogP contribution < -0.4 is 0 Å². The molecular formula is C22H29Cl2N3O2S. The van der Waals surface area contributed by atoms with Gasteiger partial charge in [-0.2, -0.15) is 0 Å². The highest BCUT2D eigenvalue weighted by atomic mass is 35.5. The maximum Gasteiger partial charge on any atom is 0.268 e. The molecule has 0 unspecified atom stereocenters. The summed E-state index contributed by atoms with van der Waals surface area (Å²) in [7, 11) is -3.63. The normalized spacial score (nSPS) is 15.5. The number of nitrogens with zero attached hydrogens (tertiary/aromatic N) is 3. The van der Waals surface area contributed by atoms with Crippen LogP contribution in [0.15, 0.2) is 59.6 Å². The van der Waals surface area contributed by atoms with E-state index in [2.05, 4.69) is 23.6 Å². The lowest BCUT2D eigenvalue weighted by molar-refractivity contribution is 0.131. The molecule has 0 aliphatic carbocycles. The lowest BCUT2D eigenvalue weighted by Crippen LogP contribution is -2.45. The van der Waals surface area contributed by atoms with Gasteiger partial charge in [-0.15, -0.1) is 24.8 Å². The van der Waals surface area contributed by atoms with Crippen LogP contribution in [0, 0.1) is 6.92 Å². The summed E-state index contributed by atoms with van der Waals surface area (Å²) >= 11 is 0. The first-order valence-corrected chi connectivity index (χ1v) is 11.3. The van der Waals surface area contributed by atoms with Gasteiger partial charge in [0.25, 0.3) is 10.0 Å². The third-order valence-corrected chi connectivity index (χ3v) is 7.43. The topological polar surface area (TPSA) is 45.6 Å². The zero-order valence-electron chi connectivity index (χ0n) is 17.3. The minimum Gasteiger partial charge on any atom is -0.301 e. The molecule has 0 amide bonds. The van der Waals surface area contributed by atoms with E-state index in [4.69, 9.17) is 0 Å². The molecule has 1 aliphatic heterocycles. The van der Waals surface area contributed by atoms with Gasteiger partial charge in [-0.05, 0) is 48.9 Å². The van der Waals surface area contributed by atoms with Crippen molar-refractivity contribution in [3.63, 3.8) is 0 Å². The SMILES string of the molecule is CCN1CCN(Cc2cc(S(=O)(=O)n3ccc4ccccc43)ccc2C)CC1.Cl.Cl. The molecule has 1 fully saturated rings. The minimum absolute atomic E-state index is 0. The number of aryl methyl sites for hydroxylation is 1. The molecule has 4 rings (SSSR count). The van der Waals surface area contributed by atoms with Gasteiger partial charge in [-0.25, -0.2) is 12.4 Å². The first-order valence-electron chi connectivity index (χ1n) is 9.85. The highest BCUT2D eigenvalue weighted by Crippen LogP contribution is 2.24. The smallest absolute Gasteiger partial charge is 0.268 e. The van der Waals surface area contributed by atoms with Crippen molar-refractivity contribution < 1.29 is 8.42 Å². The predicted octanol–water partition coefficient (Wildman–Crippen LogP) is 4.17. The highest BCUT2D eigenvalue weighted by molar-refractivity contribution is 7.90. The van der Waals surface area contributed by atoms with E-state index in [9.17, 15) is 8.42 Å². The standard InChI is InChI=1S/C22H27N3O2S.2ClH/c1-3-23-12-14-24(15-13-23)17-20-16-21(9-8-18(20)2)28(26,27)25-11-10-19-6-4-5-7-22(19)25;;/h4-11,16H,3,12-15,17H2,1-2H3;2*1H. The molecule has 2 aromatic carbocycles. The Kier molecular flexibility index (Phi) is 8.36. The van der Waals surface area contributed by atoms with Crippen molar-refractivity contribution in [2.75, 3.05) is 32.7 Å². The molecule has 0 saturated carbocycles. The van der Waals surface area contributed by atoms with E-state index in [0.717, 1.165) is 55.8 Å². The van der Waals surface area contributed by atoms with Crippen LogP contribution in [0.4, 0.5) is 0 Å². The van der Waals surface area contributed by atoms with Crippen LogP contribution in [0.25, 0.3) is 10.9 Å². The zero-order chi connectivity index (χ0) is 19.7. The molecule has 1 aromatic heterocycles. The first kappa shape index (κ1) is 24.7. The number of benzene rings is 2. The summed E-state index contributed by atoms with van der Waals surface area (Å²) in [5, 5.41) is 0.923. The summed E-state index contributed by atoms with van der Waals surface area (Å²) < 4.78 is 28.0. The molecule has 0 N–H and O–H groups in total. The van der Waals surface area contributed by atoms with Crippen LogP contribution in [-0.2, 0) is 16.6 Å². The Morgan fingerprint density at radius 2 is 1.57 bits per heavy atom. The maximum absolute atomic E-state index is 13.3. The quantitative estimate of drug-likeness (QED) is 0.562. The number of fused-ring (bicyclic) bond motifs is 1. The van der Waals surface area contributed by atoms with Crippen molar-refractivity contribution in [3.05, 3.63) is 65.9 Å². The van der Waals surface area contributed by atoms with Gasteiger partial charge >= 0.3 is 0 Å². The van der Waals surface area contributed by atoms with E-state index in [-0.39, 0.29) is 24.8 Å². The van der Waals surface area contributed by atoms with E-state index < -0.39 is 10.0 Å². The largest absolute Gasteiger partial charge is 0.301 e. The van der Waals surface area contributed by atoms with Crippen LogP contribution in [0.3, 0.4) is 0 Å². The number of para-hydroxylation sites is 1. The average molecular weight is 470 g/mol. The summed E-state index contributed by atoms with van der Waals surface area (Å²) in [6.45, 7) is 10.3. The Morgan fingerprint density at radius 1 is 0.900 bits per heavy atom. The number of piperazine rings is 1. The van der Waals surface area contributed by atoms with E-state index in [1.807, 2.05) is 42.5 Å². The molecule has 0 bridgehead atoms. The van der Waals surface area contributed by atoms with Crippen molar-refractivity contribution in [3.8, 4) is 0 Å². The molecule has 164 valence electrons. The number of aromatic nitrogens is 1. The third kappa shape index (κ3) is 4.84. The number of hydrogen-bond donors (Lipinski definition) is 0. The van der Waals surface area contributed by atoms with Crippen molar-refractivity contribution in [1.82, 2.24) is 13.8 Å². The molecule has 5 nitrogen and oxygen atoms in total. The van der Waals surface area contributed by atoms with Gasteiger partial charge in [0.05, 0.1) is 10.4 Å². The molecule has 0 radical (unpaired) electrons. The van der Waals surface area contributed by atoms with Gasteiger partial charge in [0, 0.05) is 44.3 Å². The van der Waals surface area contributed by atoms with E-state index in [1.165, 1.54) is 3.97 Å². The second kappa shape index (κ2) is 10.2. The lowest BCUT2D eigenvalue weighted by atomic mass is 10.1. The third-order valence-electron chi connectivity index (χ3n) is 5.75. The average Bonchev–Trinajstić information content (AvgIpc) is 3.15. The van der Waals surface area contributed by atoms with Crippen LogP contribution >= 0.6 is 24.8 Å². The fourth-order valence-electron chi connectivity index (χ4n) is 3.86. The number of halogens is 2. The van der Waals surface area contributed by atoms with Crippen molar-refractivity contribution in [1.29, 1.82) is 0 Å². The first-order chi connectivity index (χ1) is 13.5. The van der Waals surface area contributed by atoms with Gasteiger partial charge in [0.1, 0.15) is 0 Å². The zero-order valence-corrected chi connectivity index (χ0v) is 19.8. The van der Waals surface area contributed by atoms with E-state index in [0.29, 0.717) is 10.4 Å². The Hall–Kier alpha value is -1.57. The number of likely N-dealkylation sites (N-methyl/N-ethyl adjacent to an activating group) is 1. The summed E-state index contributed by atoms with van der Waals surface area (Å²) in [6.07, 6.45) is 1.64. The molecule has 2 heterocycles. The van der Waals surface area contributed by atoms with E-state index in [1.54, 1.807) is 12.3 Å². The molecule has 0 atom stereocenters. The van der Waals surface area contributed by atoms with Gasteiger partial charge in [-0.3, -0.25) is 4.90 Å². The predicted molar refractivity (Wildman–Crippen MR) is 128 cm³/mol. The second-order valence-corrected chi connectivity index (χ2v) is 9.29.